The lowest BCUT2D eigenvalue weighted by molar-refractivity contribution is -0.123. The van der Waals surface area contributed by atoms with Crippen molar-refractivity contribution in [2.45, 2.75) is 25.4 Å². The highest BCUT2D eigenvalue weighted by atomic mass is 19.1. The summed E-state index contributed by atoms with van der Waals surface area (Å²) in [5.74, 6) is -2.63. The molecule has 2 atom stereocenters. The lowest BCUT2D eigenvalue weighted by Gasteiger charge is -2.15. The second-order valence-electron chi connectivity index (χ2n) is 5.65. The van der Waals surface area contributed by atoms with E-state index >= 15 is 0 Å². The number of hydrogen-bond acceptors (Lipinski definition) is 2. The second-order valence-corrected chi connectivity index (χ2v) is 5.65. The first-order valence-electron chi connectivity index (χ1n) is 7.52. The van der Waals surface area contributed by atoms with Gasteiger partial charge in [0.05, 0.1) is 12.5 Å². The number of carbonyl (C=O) groups excluding carboxylic acids is 1. The first-order valence-corrected chi connectivity index (χ1v) is 7.52. The summed E-state index contributed by atoms with van der Waals surface area (Å²) in [5, 5.41) is 12.5. The molecule has 0 saturated carbocycles. The van der Waals surface area contributed by atoms with Crippen LogP contribution >= 0.6 is 0 Å². The fraction of sp³-hybridized carbons (Fsp3) is 0.278. The van der Waals surface area contributed by atoms with Gasteiger partial charge in [-0.25, -0.2) is 13.2 Å². The Bertz CT molecular complexity index is 721. The number of amides is 1. The van der Waals surface area contributed by atoms with Crippen molar-refractivity contribution >= 4 is 5.91 Å². The third kappa shape index (κ3) is 4.83. The zero-order chi connectivity index (χ0) is 17.7. The summed E-state index contributed by atoms with van der Waals surface area (Å²) in [6.45, 7) is 1.83. The van der Waals surface area contributed by atoms with Crippen LogP contribution in [0.5, 0.6) is 0 Å². The maximum atomic E-state index is 13.7. The minimum atomic E-state index is -1.13. The molecule has 24 heavy (non-hydrogen) atoms. The second kappa shape index (κ2) is 7.97. The minimum Gasteiger partial charge on any atom is -0.388 e. The zero-order valence-corrected chi connectivity index (χ0v) is 13.1. The number of aliphatic hydroxyl groups is 1. The summed E-state index contributed by atoms with van der Waals surface area (Å²) in [6.07, 6.45) is -1.36. The van der Waals surface area contributed by atoms with Gasteiger partial charge in [-0.2, -0.15) is 0 Å². The first-order chi connectivity index (χ1) is 11.4. The lowest BCUT2D eigenvalue weighted by atomic mass is 10.00. The van der Waals surface area contributed by atoms with E-state index in [1.54, 1.807) is 6.92 Å². The molecule has 0 aromatic heterocycles. The Morgan fingerprint density at radius 2 is 1.83 bits per heavy atom. The van der Waals surface area contributed by atoms with E-state index in [-0.39, 0.29) is 18.9 Å². The van der Waals surface area contributed by atoms with Crippen LogP contribution in [0.3, 0.4) is 0 Å². The normalized spacial score (nSPS) is 13.4. The van der Waals surface area contributed by atoms with Crippen molar-refractivity contribution in [3.05, 3.63) is 71.0 Å². The molecule has 2 unspecified atom stereocenters. The number of rotatable bonds is 6. The number of halogens is 3. The molecule has 0 aliphatic carbocycles. The predicted octanol–water partition coefficient (Wildman–Crippen LogP) is 3.45. The summed E-state index contributed by atoms with van der Waals surface area (Å²) in [6, 6.07) is 8.67. The molecule has 0 saturated heterocycles. The average Bonchev–Trinajstić information content (AvgIpc) is 2.52. The van der Waals surface area contributed by atoms with Gasteiger partial charge >= 0.3 is 0 Å². The molecule has 0 spiro atoms. The third-order valence-electron chi connectivity index (χ3n) is 3.71. The van der Waals surface area contributed by atoms with E-state index in [1.165, 1.54) is 24.3 Å². The van der Waals surface area contributed by atoms with Crippen molar-refractivity contribution in [2.24, 2.45) is 0 Å². The van der Waals surface area contributed by atoms with Crippen LogP contribution in [0, 0.1) is 17.5 Å². The molecule has 1 amide bonds. The molecule has 2 aromatic rings. The molecule has 0 fully saturated rings. The lowest BCUT2D eigenvalue weighted by Crippen LogP contribution is -2.29. The quantitative estimate of drug-likeness (QED) is 0.848. The third-order valence-corrected chi connectivity index (χ3v) is 3.71. The van der Waals surface area contributed by atoms with Crippen LogP contribution < -0.4 is 5.32 Å². The molecule has 0 aliphatic heterocycles. The van der Waals surface area contributed by atoms with Gasteiger partial charge in [-0.15, -0.1) is 0 Å². The Morgan fingerprint density at radius 3 is 2.50 bits per heavy atom. The van der Waals surface area contributed by atoms with Crippen LogP contribution in [0.4, 0.5) is 13.2 Å². The van der Waals surface area contributed by atoms with E-state index in [9.17, 15) is 23.1 Å². The van der Waals surface area contributed by atoms with Crippen LogP contribution in [0.1, 0.15) is 36.5 Å². The molecular formula is C18H18F3NO2. The molecule has 3 nitrogen and oxygen atoms in total. The summed E-state index contributed by atoms with van der Waals surface area (Å²) >= 11 is 0. The fourth-order valence-corrected chi connectivity index (χ4v) is 2.36. The van der Waals surface area contributed by atoms with Gasteiger partial charge in [0.1, 0.15) is 17.5 Å². The number of nitrogens with one attached hydrogen (secondary N) is 1. The van der Waals surface area contributed by atoms with Gasteiger partial charge in [-0.05, 0) is 29.3 Å². The van der Waals surface area contributed by atoms with Gasteiger partial charge in [0.2, 0.25) is 5.91 Å². The van der Waals surface area contributed by atoms with E-state index in [0.29, 0.717) is 11.1 Å². The predicted molar refractivity (Wildman–Crippen MR) is 83.8 cm³/mol. The molecule has 128 valence electrons. The van der Waals surface area contributed by atoms with Crippen LogP contribution in [0.2, 0.25) is 0 Å². The fourth-order valence-electron chi connectivity index (χ4n) is 2.36. The van der Waals surface area contributed by atoms with Crippen LogP contribution in [0.15, 0.2) is 42.5 Å². The average molecular weight is 337 g/mol. The smallest absolute Gasteiger partial charge is 0.222 e. The molecule has 0 heterocycles. The van der Waals surface area contributed by atoms with Crippen molar-refractivity contribution in [1.82, 2.24) is 5.32 Å². The summed E-state index contributed by atoms with van der Waals surface area (Å²) in [4.78, 5) is 11.9. The molecule has 2 aromatic carbocycles. The van der Waals surface area contributed by atoms with Crippen LogP contribution in [-0.4, -0.2) is 17.6 Å². The molecule has 0 aliphatic rings. The molecular weight excluding hydrogens is 319 g/mol. The topological polar surface area (TPSA) is 49.3 Å². The van der Waals surface area contributed by atoms with Crippen molar-refractivity contribution in [3.63, 3.8) is 0 Å². The van der Waals surface area contributed by atoms with E-state index in [0.717, 1.165) is 18.2 Å². The monoisotopic (exact) mass is 337 g/mol. The van der Waals surface area contributed by atoms with Crippen molar-refractivity contribution in [1.29, 1.82) is 0 Å². The van der Waals surface area contributed by atoms with Crippen LogP contribution in [-0.2, 0) is 4.79 Å². The van der Waals surface area contributed by atoms with Gasteiger partial charge in [-0.1, -0.05) is 25.1 Å². The first kappa shape index (κ1) is 18.0. The number of benzene rings is 2. The van der Waals surface area contributed by atoms with Gasteiger partial charge in [0.15, 0.2) is 0 Å². The highest BCUT2D eigenvalue weighted by molar-refractivity contribution is 5.76. The van der Waals surface area contributed by atoms with Gasteiger partial charge < -0.3 is 10.4 Å². The van der Waals surface area contributed by atoms with E-state index < -0.39 is 29.5 Å². The van der Waals surface area contributed by atoms with Crippen molar-refractivity contribution < 1.29 is 23.1 Å². The Balaban J connectivity index is 1.88. The van der Waals surface area contributed by atoms with Crippen LogP contribution in [0.25, 0.3) is 0 Å². The largest absolute Gasteiger partial charge is 0.388 e. The SMILES string of the molecule is CC(CNC(=O)CC(O)c1cccc(F)c1)c1ccc(F)cc1F. The van der Waals surface area contributed by atoms with Gasteiger partial charge in [-0.3, -0.25) is 4.79 Å². The summed E-state index contributed by atoms with van der Waals surface area (Å²) in [7, 11) is 0. The Labute approximate surface area is 138 Å². The van der Waals surface area contributed by atoms with E-state index in [2.05, 4.69) is 5.32 Å². The number of hydrogen-bond donors (Lipinski definition) is 2. The van der Waals surface area contributed by atoms with E-state index in [4.69, 9.17) is 0 Å². The van der Waals surface area contributed by atoms with Crippen molar-refractivity contribution in [3.8, 4) is 0 Å². The van der Waals surface area contributed by atoms with Gasteiger partial charge in [0, 0.05) is 18.5 Å². The highest BCUT2D eigenvalue weighted by Crippen LogP contribution is 2.20. The zero-order valence-electron chi connectivity index (χ0n) is 13.1. The molecule has 0 radical (unpaired) electrons. The summed E-state index contributed by atoms with van der Waals surface area (Å²) in [5.41, 5.74) is 0.602. The standard InChI is InChI=1S/C18H18F3NO2/c1-11(15-6-5-14(20)8-16(15)21)10-22-18(24)9-17(23)12-3-2-4-13(19)7-12/h2-8,11,17,23H,9-10H2,1H3,(H,22,24). The maximum absolute atomic E-state index is 13.7. The highest BCUT2D eigenvalue weighted by Gasteiger charge is 2.16. The molecule has 2 rings (SSSR count). The Morgan fingerprint density at radius 1 is 1.12 bits per heavy atom. The van der Waals surface area contributed by atoms with Gasteiger partial charge in [0.25, 0.3) is 0 Å². The minimum absolute atomic E-state index is 0.136. The van der Waals surface area contributed by atoms with Crippen molar-refractivity contribution in [2.75, 3.05) is 6.54 Å². The molecule has 2 N–H and O–H groups in total. The van der Waals surface area contributed by atoms with E-state index in [1.807, 2.05) is 0 Å². The number of carbonyl (C=O) groups is 1. The summed E-state index contributed by atoms with van der Waals surface area (Å²) < 4.78 is 39.7. The molecule has 0 bridgehead atoms. The Hall–Kier alpha value is -2.34. The Kier molecular flexibility index (Phi) is 5.98. The maximum Gasteiger partial charge on any atom is 0.222 e. The number of aliphatic hydroxyl groups excluding tert-OH is 1. The molecule has 6 heteroatoms.